The van der Waals surface area contributed by atoms with E-state index >= 15 is 4.39 Å². The average Bonchev–Trinajstić information content (AvgIpc) is 3.43. The monoisotopic (exact) mass is 791 g/mol. The predicted octanol–water partition coefficient (Wildman–Crippen LogP) is 8.40. The van der Waals surface area contributed by atoms with E-state index in [1.807, 2.05) is 91.0 Å². The van der Waals surface area contributed by atoms with E-state index in [1.165, 1.54) is 25.3 Å². The quantitative estimate of drug-likeness (QED) is 0.120. The molecule has 13 heteroatoms. The third-order valence-corrected chi connectivity index (χ3v) is 10.1. The number of alkyl halides is 4. The normalized spacial score (nSPS) is 23.6. The van der Waals surface area contributed by atoms with Crippen molar-refractivity contribution in [2.75, 3.05) is 18.6 Å². The van der Waals surface area contributed by atoms with Crippen LogP contribution in [0.25, 0.3) is 0 Å². The molecule has 7 rings (SSSR count). The Morgan fingerprint density at radius 2 is 1.34 bits per heavy atom. The van der Waals surface area contributed by atoms with E-state index in [9.17, 15) is 23.1 Å². The van der Waals surface area contributed by atoms with Crippen LogP contribution < -0.4 is 9.64 Å². The van der Waals surface area contributed by atoms with Gasteiger partial charge in [-0.3, -0.25) is 9.69 Å². The summed E-state index contributed by atoms with van der Waals surface area (Å²) in [5.74, 6) is -1.40. The minimum atomic E-state index is -4.86. The summed E-state index contributed by atoms with van der Waals surface area (Å²) in [5, 5.41) is 12.3. The summed E-state index contributed by atoms with van der Waals surface area (Å²) in [7, 11) is 1.26. The number of fused-ring (bicyclic) bond motifs is 1. The van der Waals surface area contributed by atoms with Gasteiger partial charge in [-0.15, -0.1) is 0 Å². The van der Waals surface area contributed by atoms with Gasteiger partial charge < -0.3 is 28.8 Å². The molecule has 1 saturated heterocycles. The number of aliphatic hydroxyl groups excluding tert-OH is 1. The predicted molar refractivity (Wildman–Crippen MR) is 200 cm³/mol. The maximum absolute atomic E-state index is 17.9. The smallest absolute Gasteiger partial charge is 0.416 e. The van der Waals surface area contributed by atoms with Crippen LogP contribution in [0.2, 0.25) is 5.02 Å². The van der Waals surface area contributed by atoms with Gasteiger partial charge in [-0.05, 0) is 47.0 Å². The molecule has 0 aromatic heterocycles. The number of methoxy groups -OCH3 is 1. The molecule has 8 nitrogen and oxygen atoms in total. The Morgan fingerprint density at radius 3 is 1.91 bits per heavy atom. The van der Waals surface area contributed by atoms with Crippen molar-refractivity contribution in [1.82, 2.24) is 0 Å². The number of hydrogen-bond donors (Lipinski definition) is 1. The molecule has 1 N–H and O–H groups in total. The second kappa shape index (κ2) is 16.7. The lowest BCUT2D eigenvalue weighted by Gasteiger charge is -2.47. The summed E-state index contributed by atoms with van der Waals surface area (Å²) in [4.78, 5) is 15.5. The maximum Gasteiger partial charge on any atom is 0.416 e. The zero-order valence-corrected chi connectivity index (χ0v) is 30.8. The number of aliphatic hydroxyl groups is 1. The van der Waals surface area contributed by atoms with Gasteiger partial charge in [-0.25, -0.2) is 4.39 Å². The average molecular weight is 792 g/mol. The molecule has 56 heavy (non-hydrogen) atoms. The number of carbonyl (C=O) groups excluding carboxylic acids is 1. The second-order valence-electron chi connectivity index (χ2n) is 13.5. The Labute approximate surface area is 326 Å². The highest BCUT2D eigenvalue weighted by molar-refractivity contribution is 6.30. The number of carbonyl (C=O) groups is 1. The summed E-state index contributed by atoms with van der Waals surface area (Å²) >= 11 is 6.28. The Bertz CT molecular complexity index is 2110. The Balaban J connectivity index is 1.32. The number of anilines is 1. The molecule has 2 aliphatic heterocycles. The number of nitrogens with zero attached hydrogens (tertiary/aromatic N) is 1. The first-order chi connectivity index (χ1) is 27.0. The molecule has 292 valence electrons. The molecule has 6 unspecified atom stereocenters. The minimum absolute atomic E-state index is 0.0202. The zero-order valence-electron chi connectivity index (χ0n) is 30.1. The molecular formula is C43H38ClF4NO7. The van der Waals surface area contributed by atoms with Gasteiger partial charge in [-0.1, -0.05) is 109 Å². The summed E-state index contributed by atoms with van der Waals surface area (Å²) < 4.78 is 91.5. The summed E-state index contributed by atoms with van der Waals surface area (Å²) in [6.45, 7) is 0.0311. The van der Waals surface area contributed by atoms with Gasteiger partial charge in [0.1, 0.15) is 30.2 Å². The van der Waals surface area contributed by atoms with Gasteiger partial charge in [0.2, 0.25) is 5.67 Å². The lowest BCUT2D eigenvalue weighted by molar-refractivity contribution is -0.260. The second-order valence-corrected chi connectivity index (χ2v) is 13.9. The van der Waals surface area contributed by atoms with Gasteiger partial charge in [0.05, 0.1) is 44.8 Å². The Morgan fingerprint density at radius 1 is 0.768 bits per heavy atom. The first-order valence-electron chi connectivity index (χ1n) is 17.8. The number of ether oxygens (including phenoxy) is 5. The van der Waals surface area contributed by atoms with Crippen LogP contribution in [0.1, 0.15) is 33.4 Å². The van der Waals surface area contributed by atoms with Crippen LogP contribution in [-0.4, -0.2) is 55.4 Å². The van der Waals surface area contributed by atoms with E-state index in [0.717, 1.165) is 27.7 Å². The van der Waals surface area contributed by atoms with Gasteiger partial charge in [0, 0.05) is 16.1 Å². The molecule has 5 aromatic carbocycles. The van der Waals surface area contributed by atoms with Crippen LogP contribution in [0, 0.1) is 0 Å². The van der Waals surface area contributed by atoms with Crippen LogP contribution in [-0.2, 0) is 55.4 Å². The summed E-state index contributed by atoms with van der Waals surface area (Å²) in [6.07, 6.45) is -11.8. The Hall–Kier alpha value is -4.82. The topological polar surface area (TPSA) is 86.7 Å². The van der Waals surface area contributed by atoms with Crippen molar-refractivity contribution in [1.29, 1.82) is 0 Å². The van der Waals surface area contributed by atoms with Crippen molar-refractivity contribution in [3.8, 4) is 5.75 Å². The van der Waals surface area contributed by atoms with Crippen LogP contribution in [0.15, 0.2) is 127 Å². The lowest BCUT2D eigenvalue weighted by atomic mass is 9.88. The van der Waals surface area contributed by atoms with Crippen LogP contribution in [0.3, 0.4) is 0 Å². The molecule has 0 saturated carbocycles. The van der Waals surface area contributed by atoms with Crippen molar-refractivity contribution in [2.45, 2.75) is 62.3 Å². The first kappa shape index (κ1) is 39.4. The molecule has 1 amide bonds. The minimum Gasteiger partial charge on any atom is -0.496 e. The number of halogens is 5. The third kappa shape index (κ3) is 8.04. The standard InChI is InChI=1S/C43H38ClF4NO7/c1-52-35-20-18-31(44)22-33(35)42(45)32-19-17-30(43(46,47)48)21-34(32)49(41(42)51)40-37(50)39(55-25-29-15-9-4-10-16-29)38(54-24-28-13-7-3-8-14-28)36(56-40)26-53-23-27-11-5-2-6-12-27/h2-22,36-40,50H,23-26H2,1H3. The molecule has 6 atom stereocenters. The molecule has 0 aliphatic carbocycles. The van der Waals surface area contributed by atoms with Gasteiger partial charge >= 0.3 is 6.18 Å². The summed E-state index contributed by atoms with van der Waals surface area (Å²) in [6, 6.07) is 33.9. The maximum atomic E-state index is 17.9. The molecular weight excluding hydrogens is 754 g/mol. The molecule has 5 aromatic rings. The van der Waals surface area contributed by atoms with Crippen LogP contribution in [0.5, 0.6) is 5.75 Å². The number of amides is 1. The van der Waals surface area contributed by atoms with Crippen molar-refractivity contribution >= 4 is 23.2 Å². The Kier molecular flexibility index (Phi) is 11.8. The first-order valence-corrected chi connectivity index (χ1v) is 18.2. The molecule has 1 fully saturated rings. The van der Waals surface area contributed by atoms with Gasteiger partial charge in [0.25, 0.3) is 5.91 Å². The van der Waals surface area contributed by atoms with Crippen molar-refractivity contribution < 1.29 is 51.1 Å². The van der Waals surface area contributed by atoms with Gasteiger partial charge in [-0.2, -0.15) is 13.2 Å². The van der Waals surface area contributed by atoms with E-state index in [2.05, 4.69) is 0 Å². The highest BCUT2D eigenvalue weighted by Crippen LogP contribution is 2.53. The van der Waals surface area contributed by atoms with Gasteiger partial charge in [0.15, 0.2) is 6.23 Å². The van der Waals surface area contributed by atoms with Crippen LogP contribution in [0.4, 0.5) is 23.2 Å². The highest BCUT2D eigenvalue weighted by Gasteiger charge is 2.60. The molecule has 0 spiro atoms. The van der Waals surface area contributed by atoms with Crippen molar-refractivity contribution in [2.24, 2.45) is 0 Å². The highest BCUT2D eigenvalue weighted by atomic mass is 35.5. The molecule has 2 aliphatic rings. The fourth-order valence-corrected chi connectivity index (χ4v) is 7.27. The van der Waals surface area contributed by atoms with E-state index in [1.54, 1.807) is 0 Å². The van der Waals surface area contributed by atoms with Crippen molar-refractivity contribution in [3.63, 3.8) is 0 Å². The fourth-order valence-electron chi connectivity index (χ4n) is 7.10. The fraction of sp³-hybridized carbons (Fsp3) is 0.279. The van der Waals surface area contributed by atoms with E-state index < -0.39 is 65.2 Å². The SMILES string of the molecule is COc1ccc(Cl)cc1C1(F)C(=O)N(C2OC(COCc3ccccc3)C(OCc3ccccc3)C(OCc3ccccc3)C2O)c2cc(C(F)(F)F)ccc21. The summed E-state index contributed by atoms with van der Waals surface area (Å²) in [5.41, 5.74) is -3.09. The van der Waals surface area contributed by atoms with E-state index in [-0.39, 0.29) is 42.8 Å². The zero-order chi connectivity index (χ0) is 39.5. The molecule has 2 heterocycles. The molecule has 0 bridgehead atoms. The largest absolute Gasteiger partial charge is 0.496 e. The number of hydrogen-bond acceptors (Lipinski definition) is 7. The van der Waals surface area contributed by atoms with E-state index in [4.69, 9.17) is 35.3 Å². The third-order valence-electron chi connectivity index (χ3n) is 9.85. The van der Waals surface area contributed by atoms with E-state index in [0.29, 0.717) is 12.1 Å². The lowest BCUT2D eigenvalue weighted by Crippen LogP contribution is -2.65. The number of benzene rings is 5. The number of rotatable bonds is 13. The van der Waals surface area contributed by atoms with Crippen molar-refractivity contribution in [3.05, 3.63) is 166 Å². The molecule has 0 radical (unpaired) electrons. The van der Waals surface area contributed by atoms with Crippen LogP contribution >= 0.6 is 11.6 Å².